The summed E-state index contributed by atoms with van der Waals surface area (Å²) in [6.45, 7) is 5.44. The minimum absolute atomic E-state index is 0.0289. The van der Waals surface area contributed by atoms with Crippen molar-refractivity contribution in [1.82, 2.24) is 8.87 Å². The summed E-state index contributed by atoms with van der Waals surface area (Å²) >= 11 is 0. The van der Waals surface area contributed by atoms with Gasteiger partial charge < -0.3 is 4.57 Å². The Morgan fingerprint density at radius 1 is 1.38 bits per heavy atom. The molecule has 0 amide bonds. The van der Waals surface area contributed by atoms with E-state index in [4.69, 9.17) is 0 Å². The van der Waals surface area contributed by atoms with Crippen molar-refractivity contribution in [3.63, 3.8) is 0 Å². The molecule has 2 heterocycles. The third kappa shape index (κ3) is 1.89. The van der Waals surface area contributed by atoms with Gasteiger partial charge in [0.05, 0.1) is 12.3 Å². The zero-order valence-electron chi connectivity index (χ0n) is 9.92. The quantitative estimate of drug-likeness (QED) is 0.788. The van der Waals surface area contributed by atoms with Gasteiger partial charge in [0.1, 0.15) is 0 Å². The van der Waals surface area contributed by atoms with Crippen molar-refractivity contribution in [2.45, 2.75) is 26.4 Å². The van der Waals surface area contributed by atoms with E-state index in [-0.39, 0.29) is 12.0 Å². The monoisotopic (exact) mass is 242 g/mol. The molecule has 0 N–H and O–H groups in total. The standard InChI is InChI=1S/C11H18N2O2S/c1-9(2)11-10-5-4-6-12(10)7-8-13(11)16(3,14)15/h4-6,9,11H,7-8H2,1-3H3/t11-/m1/s1. The van der Waals surface area contributed by atoms with Crippen molar-refractivity contribution in [3.05, 3.63) is 24.0 Å². The molecule has 0 aromatic carbocycles. The van der Waals surface area contributed by atoms with E-state index in [1.807, 2.05) is 18.3 Å². The number of fused-ring (bicyclic) bond motifs is 1. The molecular weight excluding hydrogens is 224 g/mol. The third-order valence-electron chi connectivity index (χ3n) is 3.10. The van der Waals surface area contributed by atoms with E-state index in [1.54, 1.807) is 4.31 Å². The Balaban J connectivity index is 2.46. The summed E-state index contributed by atoms with van der Waals surface area (Å²) in [6, 6.07) is 3.97. The molecule has 4 nitrogen and oxygen atoms in total. The lowest BCUT2D eigenvalue weighted by atomic mass is 9.99. The van der Waals surface area contributed by atoms with Gasteiger partial charge in [-0.15, -0.1) is 0 Å². The molecule has 0 saturated heterocycles. The molecule has 0 bridgehead atoms. The van der Waals surface area contributed by atoms with Gasteiger partial charge in [0, 0.05) is 25.0 Å². The van der Waals surface area contributed by atoms with Crippen LogP contribution in [0.15, 0.2) is 18.3 Å². The van der Waals surface area contributed by atoms with Crippen molar-refractivity contribution in [3.8, 4) is 0 Å². The first kappa shape index (κ1) is 11.7. The van der Waals surface area contributed by atoms with Crippen molar-refractivity contribution in [1.29, 1.82) is 0 Å². The lowest BCUT2D eigenvalue weighted by molar-refractivity contribution is 0.216. The maximum atomic E-state index is 11.7. The smallest absolute Gasteiger partial charge is 0.211 e. The largest absolute Gasteiger partial charge is 0.349 e. The summed E-state index contributed by atoms with van der Waals surface area (Å²) in [5.41, 5.74) is 1.10. The summed E-state index contributed by atoms with van der Waals surface area (Å²) in [5.74, 6) is 0.281. The zero-order valence-corrected chi connectivity index (χ0v) is 10.7. The Bertz CT molecular complexity index is 476. The Morgan fingerprint density at radius 2 is 2.06 bits per heavy atom. The number of sulfonamides is 1. The van der Waals surface area contributed by atoms with E-state index in [9.17, 15) is 8.42 Å². The second-order valence-electron chi connectivity index (χ2n) is 4.69. The molecule has 0 spiro atoms. The van der Waals surface area contributed by atoms with Crippen LogP contribution in [0.25, 0.3) is 0 Å². The first-order valence-corrected chi connectivity index (χ1v) is 7.38. The highest BCUT2D eigenvalue weighted by Gasteiger charge is 2.34. The molecule has 5 heteroatoms. The average molecular weight is 242 g/mol. The van der Waals surface area contributed by atoms with Gasteiger partial charge in [0.2, 0.25) is 10.0 Å². The lowest BCUT2D eigenvalue weighted by Gasteiger charge is -2.37. The van der Waals surface area contributed by atoms with Crippen LogP contribution in [0.2, 0.25) is 0 Å². The molecule has 1 aromatic rings. The van der Waals surface area contributed by atoms with Gasteiger partial charge in [-0.05, 0) is 18.1 Å². The van der Waals surface area contributed by atoms with Crippen LogP contribution in [0.3, 0.4) is 0 Å². The molecule has 1 aliphatic rings. The Hall–Kier alpha value is -0.810. The van der Waals surface area contributed by atoms with E-state index in [0.717, 1.165) is 12.2 Å². The molecule has 1 aliphatic heterocycles. The van der Waals surface area contributed by atoms with Crippen LogP contribution in [-0.4, -0.2) is 30.1 Å². The molecule has 0 unspecified atom stereocenters. The van der Waals surface area contributed by atoms with Gasteiger partial charge in [-0.2, -0.15) is 4.31 Å². The van der Waals surface area contributed by atoms with E-state index in [0.29, 0.717) is 6.54 Å². The number of hydrogen-bond donors (Lipinski definition) is 0. The Kier molecular flexibility index (Phi) is 2.84. The summed E-state index contributed by atoms with van der Waals surface area (Å²) in [5, 5.41) is 0. The van der Waals surface area contributed by atoms with Gasteiger partial charge in [0.25, 0.3) is 0 Å². The molecule has 0 fully saturated rings. The summed E-state index contributed by atoms with van der Waals surface area (Å²) < 4.78 is 27.3. The van der Waals surface area contributed by atoms with E-state index in [2.05, 4.69) is 18.4 Å². The molecule has 90 valence electrons. The second kappa shape index (κ2) is 3.89. The normalized spacial score (nSPS) is 22.4. The van der Waals surface area contributed by atoms with Crippen LogP contribution in [-0.2, 0) is 16.6 Å². The highest BCUT2D eigenvalue weighted by Crippen LogP contribution is 2.33. The van der Waals surface area contributed by atoms with Crippen LogP contribution in [0, 0.1) is 5.92 Å². The van der Waals surface area contributed by atoms with Gasteiger partial charge in [-0.25, -0.2) is 8.42 Å². The van der Waals surface area contributed by atoms with E-state index in [1.165, 1.54) is 6.26 Å². The summed E-state index contributed by atoms with van der Waals surface area (Å²) in [7, 11) is -3.12. The topological polar surface area (TPSA) is 42.3 Å². The van der Waals surface area contributed by atoms with Crippen molar-refractivity contribution >= 4 is 10.0 Å². The van der Waals surface area contributed by atoms with Crippen LogP contribution in [0.1, 0.15) is 25.6 Å². The molecule has 0 radical (unpaired) electrons. The summed E-state index contributed by atoms with van der Waals surface area (Å²) in [6.07, 6.45) is 3.31. The number of aromatic nitrogens is 1. The number of rotatable bonds is 2. The Labute approximate surface area is 96.9 Å². The fourth-order valence-corrected chi connectivity index (χ4v) is 3.62. The van der Waals surface area contributed by atoms with E-state index < -0.39 is 10.0 Å². The van der Waals surface area contributed by atoms with E-state index >= 15 is 0 Å². The number of hydrogen-bond acceptors (Lipinski definition) is 2. The highest BCUT2D eigenvalue weighted by molar-refractivity contribution is 7.88. The van der Waals surface area contributed by atoms with Crippen LogP contribution >= 0.6 is 0 Å². The molecule has 16 heavy (non-hydrogen) atoms. The minimum atomic E-state index is -3.12. The first-order valence-electron chi connectivity index (χ1n) is 5.53. The SMILES string of the molecule is CC(C)[C@@H]1c2cccn2CCN1S(C)(=O)=O. The third-order valence-corrected chi connectivity index (χ3v) is 4.36. The minimum Gasteiger partial charge on any atom is -0.349 e. The van der Waals surface area contributed by atoms with Crippen LogP contribution in [0.4, 0.5) is 0 Å². The van der Waals surface area contributed by atoms with Crippen LogP contribution < -0.4 is 0 Å². The fraction of sp³-hybridized carbons (Fsp3) is 0.636. The molecule has 1 aromatic heterocycles. The lowest BCUT2D eigenvalue weighted by Crippen LogP contribution is -2.43. The molecule has 2 rings (SSSR count). The molecule has 0 aliphatic carbocycles. The first-order chi connectivity index (χ1) is 7.41. The highest BCUT2D eigenvalue weighted by atomic mass is 32.2. The molecular formula is C11H18N2O2S. The van der Waals surface area contributed by atoms with Crippen LogP contribution in [0.5, 0.6) is 0 Å². The van der Waals surface area contributed by atoms with Crippen molar-refractivity contribution in [2.24, 2.45) is 5.92 Å². The predicted molar refractivity (Wildman–Crippen MR) is 63.6 cm³/mol. The fourth-order valence-electron chi connectivity index (χ4n) is 2.44. The maximum Gasteiger partial charge on any atom is 0.211 e. The molecule has 1 atom stereocenters. The zero-order chi connectivity index (χ0) is 11.9. The second-order valence-corrected chi connectivity index (χ2v) is 6.62. The average Bonchev–Trinajstić information content (AvgIpc) is 2.61. The van der Waals surface area contributed by atoms with Crippen molar-refractivity contribution < 1.29 is 8.42 Å². The van der Waals surface area contributed by atoms with Gasteiger partial charge in [-0.3, -0.25) is 0 Å². The van der Waals surface area contributed by atoms with Gasteiger partial charge >= 0.3 is 0 Å². The maximum absolute atomic E-state index is 11.7. The van der Waals surface area contributed by atoms with Gasteiger partial charge in [0.15, 0.2) is 0 Å². The van der Waals surface area contributed by atoms with Gasteiger partial charge in [-0.1, -0.05) is 13.8 Å². The molecule has 0 saturated carbocycles. The van der Waals surface area contributed by atoms with Crippen molar-refractivity contribution in [2.75, 3.05) is 12.8 Å². The Morgan fingerprint density at radius 3 is 2.62 bits per heavy atom. The predicted octanol–water partition coefficient (Wildman–Crippen LogP) is 1.46. The summed E-state index contributed by atoms with van der Waals surface area (Å²) in [4.78, 5) is 0. The number of nitrogens with zero attached hydrogens (tertiary/aromatic N) is 2.